The average Bonchev–Trinajstić information content (AvgIpc) is 2.46. The van der Waals surface area contributed by atoms with Crippen LogP contribution in [0.25, 0.3) is 6.08 Å². The molecule has 1 amide bonds. The molecule has 0 radical (unpaired) electrons. The number of carbonyl (C=O) groups is 2. The molecule has 5 nitrogen and oxygen atoms in total. The zero-order valence-electron chi connectivity index (χ0n) is 11.9. The van der Waals surface area contributed by atoms with Gasteiger partial charge in [0, 0.05) is 12.6 Å². The molecule has 1 unspecified atom stereocenters. The topological polar surface area (TPSA) is 83.6 Å². The molecule has 1 aromatic carbocycles. The fourth-order valence-corrected chi connectivity index (χ4v) is 2.70. The smallest absolute Gasteiger partial charge is 0.328 e. The highest BCUT2D eigenvalue weighted by molar-refractivity contribution is 5.85. The molecular formula is C16H20N2O3. The summed E-state index contributed by atoms with van der Waals surface area (Å²) in [5.41, 5.74) is 7.35. The highest BCUT2D eigenvalue weighted by Crippen LogP contribution is 2.20. The van der Waals surface area contributed by atoms with E-state index in [9.17, 15) is 9.59 Å². The van der Waals surface area contributed by atoms with Crippen LogP contribution in [0.2, 0.25) is 0 Å². The number of likely N-dealkylation sites (tertiary alicyclic amines) is 1. The van der Waals surface area contributed by atoms with Gasteiger partial charge in [-0.2, -0.15) is 0 Å². The van der Waals surface area contributed by atoms with Gasteiger partial charge in [-0.3, -0.25) is 9.69 Å². The summed E-state index contributed by atoms with van der Waals surface area (Å²) >= 11 is 0. The number of hydrogen-bond donors (Lipinski definition) is 2. The van der Waals surface area contributed by atoms with Gasteiger partial charge in [-0.05, 0) is 36.6 Å². The van der Waals surface area contributed by atoms with Crippen LogP contribution in [-0.4, -0.2) is 34.5 Å². The number of primary amides is 1. The number of nitrogens with zero attached hydrogens (tertiary/aromatic N) is 1. The van der Waals surface area contributed by atoms with Crippen LogP contribution in [0.4, 0.5) is 0 Å². The Morgan fingerprint density at radius 1 is 1.38 bits per heavy atom. The summed E-state index contributed by atoms with van der Waals surface area (Å²) in [6, 6.07) is 7.46. The summed E-state index contributed by atoms with van der Waals surface area (Å²) in [6.45, 7) is 1.52. The lowest BCUT2D eigenvalue weighted by Gasteiger charge is -2.33. The van der Waals surface area contributed by atoms with Crippen molar-refractivity contribution >= 4 is 18.0 Å². The Bertz CT molecular complexity index is 554. The van der Waals surface area contributed by atoms with E-state index in [0.29, 0.717) is 6.54 Å². The van der Waals surface area contributed by atoms with Crippen LogP contribution in [0.15, 0.2) is 30.3 Å². The fraction of sp³-hybridized carbons (Fsp3) is 0.375. The Kier molecular flexibility index (Phi) is 5.11. The number of hydrogen-bond acceptors (Lipinski definition) is 3. The maximum atomic E-state index is 11.5. The fourth-order valence-electron chi connectivity index (χ4n) is 2.70. The minimum Gasteiger partial charge on any atom is -0.478 e. The summed E-state index contributed by atoms with van der Waals surface area (Å²) in [7, 11) is 0. The minimum atomic E-state index is -0.967. The molecule has 1 aromatic rings. The summed E-state index contributed by atoms with van der Waals surface area (Å²) in [6.07, 6.45) is 5.60. The summed E-state index contributed by atoms with van der Waals surface area (Å²) in [5, 5.41) is 8.65. The first-order chi connectivity index (χ1) is 10.1. The van der Waals surface area contributed by atoms with Crippen LogP contribution >= 0.6 is 0 Å². The number of nitrogens with two attached hydrogens (primary N) is 1. The zero-order chi connectivity index (χ0) is 15.2. The number of benzene rings is 1. The third-order valence-electron chi connectivity index (χ3n) is 3.70. The largest absolute Gasteiger partial charge is 0.478 e. The van der Waals surface area contributed by atoms with Gasteiger partial charge in [-0.15, -0.1) is 0 Å². The molecule has 0 saturated carbocycles. The van der Waals surface area contributed by atoms with E-state index in [1.807, 2.05) is 24.3 Å². The Morgan fingerprint density at radius 2 is 2.19 bits per heavy atom. The van der Waals surface area contributed by atoms with Gasteiger partial charge >= 0.3 is 5.97 Å². The van der Waals surface area contributed by atoms with Gasteiger partial charge in [-0.1, -0.05) is 30.7 Å². The van der Waals surface area contributed by atoms with Crippen molar-refractivity contribution in [2.45, 2.75) is 31.8 Å². The zero-order valence-corrected chi connectivity index (χ0v) is 11.9. The molecule has 3 N–H and O–H groups in total. The van der Waals surface area contributed by atoms with E-state index >= 15 is 0 Å². The van der Waals surface area contributed by atoms with Crippen molar-refractivity contribution in [2.24, 2.45) is 5.73 Å². The van der Waals surface area contributed by atoms with E-state index in [1.165, 1.54) is 0 Å². The van der Waals surface area contributed by atoms with E-state index in [0.717, 1.165) is 43.0 Å². The molecule has 0 aromatic heterocycles. The van der Waals surface area contributed by atoms with Crippen molar-refractivity contribution < 1.29 is 14.7 Å². The lowest BCUT2D eigenvalue weighted by atomic mass is 10.0. The second-order valence-corrected chi connectivity index (χ2v) is 5.30. The summed E-state index contributed by atoms with van der Waals surface area (Å²) < 4.78 is 0. The summed E-state index contributed by atoms with van der Waals surface area (Å²) in [5.74, 6) is -1.23. The molecule has 1 heterocycles. The molecule has 5 heteroatoms. The second-order valence-electron chi connectivity index (χ2n) is 5.30. The van der Waals surface area contributed by atoms with Crippen LogP contribution < -0.4 is 5.73 Å². The number of carboxylic acid groups (broad SMARTS) is 1. The van der Waals surface area contributed by atoms with Gasteiger partial charge in [0.15, 0.2) is 0 Å². The van der Waals surface area contributed by atoms with Gasteiger partial charge in [0.1, 0.15) is 0 Å². The van der Waals surface area contributed by atoms with Gasteiger partial charge in [0.25, 0.3) is 0 Å². The molecule has 0 bridgehead atoms. The maximum Gasteiger partial charge on any atom is 0.328 e. The highest BCUT2D eigenvalue weighted by atomic mass is 16.4. The number of carbonyl (C=O) groups excluding carboxylic acids is 1. The molecule has 0 spiro atoms. The Labute approximate surface area is 124 Å². The normalized spacial score (nSPS) is 19.7. The number of rotatable bonds is 5. The third-order valence-corrected chi connectivity index (χ3v) is 3.70. The van der Waals surface area contributed by atoms with Crippen LogP contribution in [0.1, 0.15) is 30.4 Å². The highest BCUT2D eigenvalue weighted by Gasteiger charge is 2.26. The first-order valence-electron chi connectivity index (χ1n) is 7.09. The molecule has 1 aliphatic rings. The van der Waals surface area contributed by atoms with Gasteiger partial charge in [0.05, 0.1) is 6.04 Å². The molecule has 1 atom stereocenters. The van der Waals surface area contributed by atoms with Gasteiger partial charge in [0.2, 0.25) is 5.91 Å². The van der Waals surface area contributed by atoms with Crippen LogP contribution in [0, 0.1) is 0 Å². The van der Waals surface area contributed by atoms with E-state index in [4.69, 9.17) is 10.8 Å². The van der Waals surface area contributed by atoms with Crippen LogP contribution in [0.5, 0.6) is 0 Å². The second kappa shape index (κ2) is 7.04. The number of carboxylic acids is 1. The minimum absolute atomic E-state index is 0.197. The van der Waals surface area contributed by atoms with Crippen molar-refractivity contribution in [3.8, 4) is 0 Å². The first-order valence-corrected chi connectivity index (χ1v) is 7.09. The van der Waals surface area contributed by atoms with Crippen molar-refractivity contribution in [3.05, 3.63) is 41.5 Å². The monoisotopic (exact) mass is 288 g/mol. The Hall–Kier alpha value is -2.14. The average molecular weight is 288 g/mol. The van der Waals surface area contributed by atoms with E-state index < -0.39 is 5.97 Å². The van der Waals surface area contributed by atoms with Gasteiger partial charge in [-0.25, -0.2) is 4.79 Å². The summed E-state index contributed by atoms with van der Waals surface area (Å²) in [4.78, 5) is 24.2. The van der Waals surface area contributed by atoms with E-state index in [2.05, 4.69) is 4.90 Å². The van der Waals surface area contributed by atoms with E-state index in [-0.39, 0.29) is 11.9 Å². The quantitative estimate of drug-likeness (QED) is 0.806. The molecule has 2 rings (SSSR count). The van der Waals surface area contributed by atoms with Crippen molar-refractivity contribution in [3.63, 3.8) is 0 Å². The molecule has 0 aliphatic carbocycles. The molecule has 1 fully saturated rings. The lowest BCUT2D eigenvalue weighted by Crippen LogP contribution is -2.47. The molecular weight excluding hydrogens is 268 g/mol. The maximum absolute atomic E-state index is 11.5. The predicted molar refractivity (Wildman–Crippen MR) is 80.4 cm³/mol. The van der Waals surface area contributed by atoms with Gasteiger partial charge < -0.3 is 10.8 Å². The van der Waals surface area contributed by atoms with Crippen molar-refractivity contribution in [1.29, 1.82) is 0 Å². The Balaban J connectivity index is 2.09. The van der Waals surface area contributed by atoms with Crippen molar-refractivity contribution in [1.82, 2.24) is 4.90 Å². The Morgan fingerprint density at radius 3 is 2.90 bits per heavy atom. The number of piperidine rings is 1. The van der Waals surface area contributed by atoms with Crippen LogP contribution in [0.3, 0.4) is 0 Å². The first kappa shape index (κ1) is 15.3. The molecule has 1 aliphatic heterocycles. The van der Waals surface area contributed by atoms with Crippen LogP contribution in [-0.2, 0) is 16.1 Å². The van der Waals surface area contributed by atoms with Crippen molar-refractivity contribution in [2.75, 3.05) is 6.54 Å². The third kappa shape index (κ3) is 4.43. The van der Waals surface area contributed by atoms with E-state index in [1.54, 1.807) is 6.08 Å². The molecule has 112 valence electrons. The number of aliphatic carboxylic acids is 1. The lowest BCUT2D eigenvalue weighted by molar-refractivity contribution is -0.131. The number of amides is 1. The molecule has 21 heavy (non-hydrogen) atoms. The predicted octanol–water partition coefficient (Wildman–Crippen LogP) is 1.62. The standard InChI is InChI=1S/C16H20N2O3/c17-16(21)14-6-1-2-9-18(14)11-13-5-3-4-12(10-13)7-8-15(19)20/h3-5,7-8,10,14H,1-2,6,9,11H2,(H2,17,21)(H,19,20). The SMILES string of the molecule is NC(=O)C1CCCCN1Cc1cccc(C=CC(=O)O)c1. The molecule has 1 saturated heterocycles.